The van der Waals surface area contributed by atoms with Crippen LogP contribution in [0.3, 0.4) is 0 Å². The third kappa shape index (κ3) is 3.30. The molecule has 0 saturated carbocycles. The second-order valence-corrected chi connectivity index (χ2v) is 4.94. The topological polar surface area (TPSA) is 35.2 Å². The Balaban J connectivity index is 2.23. The number of benzene rings is 2. The molecule has 0 radical (unpaired) electrons. The van der Waals surface area contributed by atoms with E-state index in [0.29, 0.717) is 17.2 Å². The monoisotopic (exact) mass is 293 g/mol. The second-order valence-electron chi connectivity index (χ2n) is 4.53. The Morgan fingerprint density at radius 3 is 2.50 bits per heavy atom. The van der Waals surface area contributed by atoms with Gasteiger partial charge >= 0.3 is 0 Å². The molecule has 0 aliphatic carbocycles. The summed E-state index contributed by atoms with van der Waals surface area (Å²) in [6.45, 7) is 2.72. The average molecular weight is 294 g/mol. The summed E-state index contributed by atoms with van der Waals surface area (Å²) in [5, 5.41) is 0.337. The largest absolute Gasteiger partial charge is 0.494 e. The van der Waals surface area contributed by atoms with E-state index in [9.17, 15) is 4.39 Å². The first-order valence-corrected chi connectivity index (χ1v) is 6.93. The summed E-state index contributed by atoms with van der Waals surface area (Å²) >= 11 is 6.03. The lowest BCUT2D eigenvalue weighted by molar-refractivity contribution is 0.317. The van der Waals surface area contributed by atoms with Gasteiger partial charge in [-0.25, -0.2) is 4.39 Å². The molecule has 0 spiro atoms. The van der Waals surface area contributed by atoms with E-state index in [4.69, 9.17) is 22.1 Å². The molecule has 4 heteroatoms. The van der Waals surface area contributed by atoms with Gasteiger partial charge in [-0.05, 0) is 36.2 Å². The molecule has 0 heterocycles. The van der Waals surface area contributed by atoms with Crippen molar-refractivity contribution >= 4 is 11.6 Å². The molecule has 0 bridgehead atoms. The van der Waals surface area contributed by atoms with E-state index in [1.807, 2.05) is 31.2 Å². The molecule has 0 aromatic heterocycles. The van der Waals surface area contributed by atoms with E-state index in [2.05, 4.69) is 0 Å². The molecule has 1 unspecified atom stereocenters. The van der Waals surface area contributed by atoms with Gasteiger partial charge in [0, 0.05) is 10.6 Å². The van der Waals surface area contributed by atoms with E-state index in [1.165, 1.54) is 6.07 Å². The van der Waals surface area contributed by atoms with Crippen molar-refractivity contribution in [1.29, 1.82) is 0 Å². The average Bonchev–Trinajstić information content (AvgIpc) is 2.45. The number of nitrogens with two attached hydrogens (primary N) is 1. The summed E-state index contributed by atoms with van der Waals surface area (Å²) in [5.41, 5.74) is 7.21. The van der Waals surface area contributed by atoms with Gasteiger partial charge in [0.2, 0.25) is 0 Å². The highest BCUT2D eigenvalue weighted by Crippen LogP contribution is 2.29. The fourth-order valence-electron chi connectivity index (χ4n) is 1.97. The highest BCUT2D eigenvalue weighted by atomic mass is 35.5. The molecule has 1 atom stereocenters. The molecule has 2 rings (SSSR count). The van der Waals surface area contributed by atoms with Gasteiger partial charge in [0.15, 0.2) is 0 Å². The summed E-state index contributed by atoms with van der Waals surface area (Å²) in [7, 11) is 0. The van der Waals surface area contributed by atoms with Crippen molar-refractivity contribution in [1.82, 2.24) is 0 Å². The van der Waals surface area contributed by atoms with Gasteiger partial charge in [0.05, 0.1) is 12.6 Å². The zero-order valence-electron chi connectivity index (χ0n) is 11.3. The molecular formula is C16H17ClFNO. The summed E-state index contributed by atoms with van der Waals surface area (Å²) in [4.78, 5) is 0. The number of hydrogen-bond acceptors (Lipinski definition) is 2. The Morgan fingerprint density at radius 2 is 1.90 bits per heavy atom. The van der Waals surface area contributed by atoms with Crippen molar-refractivity contribution < 1.29 is 9.13 Å². The first kappa shape index (κ1) is 14.8. The smallest absolute Gasteiger partial charge is 0.129 e. The molecule has 0 aliphatic rings. The van der Waals surface area contributed by atoms with E-state index in [0.717, 1.165) is 17.7 Å². The number of rotatable bonds is 5. The molecule has 0 amide bonds. The van der Waals surface area contributed by atoms with Gasteiger partial charge in [0.1, 0.15) is 11.6 Å². The minimum Gasteiger partial charge on any atom is -0.494 e. The van der Waals surface area contributed by atoms with Crippen LogP contribution in [-0.4, -0.2) is 6.61 Å². The number of ether oxygens (including phenoxy) is 1. The normalized spacial score (nSPS) is 12.2. The first-order valence-electron chi connectivity index (χ1n) is 6.55. The molecule has 2 aromatic rings. The van der Waals surface area contributed by atoms with E-state index in [1.54, 1.807) is 12.1 Å². The Hall–Kier alpha value is -1.58. The van der Waals surface area contributed by atoms with E-state index in [-0.39, 0.29) is 0 Å². The van der Waals surface area contributed by atoms with Crippen LogP contribution in [-0.2, 0) is 0 Å². The Bertz CT molecular complexity index is 551. The van der Waals surface area contributed by atoms with Crippen LogP contribution in [0.4, 0.5) is 4.39 Å². The molecule has 20 heavy (non-hydrogen) atoms. The molecule has 0 fully saturated rings. The van der Waals surface area contributed by atoms with Crippen LogP contribution in [0.5, 0.6) is 5.75 Å². The zero-order chi connectivity index (χ0) is 14.5. The Morgan fingerprint density at radius 1 is 1.20 bits per heavy atom. The quantitative estimate of drug-likeness (QED) is 0.891. The van der Waals surface area contributed by atoms with Crippen LogP contribution >= 0.6 is 11.6 Å². The lowest BCUT2D eigenvalue weighted by Crippen LogP contribution is -2.14. The second kappa shape index (κ2) is 6.73. The fraction of sp³-hybridized carbons (Fsp3) is 0.250. The molecule has 0 aliphatic heterocycles. The minimum atomic E-state index is -0.594. The summed E-state index contributed by atoms with van der Waals surface area (Å²) in [6.07, 6.45) is 0.950. The van der Waals surface area contributed by atoms with Gasteiger partial charge in [-0.1, -0.05) is 36.7 Å². The third-order valence-electron chi connectivity index (χ3n) is 3.02. The highest BCUT2D eigenvalue weighted by molar-refractivity contribution is 6.31. The minimum absolute atomic E-state index is 0.316. The van der Waals surface area contributed by atoms with E-state index >= 15 is 0 Å². The van der Waals surface area contributed by atoms with Crippen molar-refractivity contribution in [2.45, 2.75) is 19.4 Å². The van der Waals surface area contributed by atoms with Crippen molar-refractivity contribution in [2.24, 2.45) is 5.73 Å². The van der Waals surface area contributed by atoms with Crippen molar-refractivity contribution in [3.05, 3.63) is 64.4 Å². The third-order valence-corrected chi connectivity index (χ3v) is 3.35. The van der Waals surface area contributed by atoms with Crippen LogP contribution in [0, 0.1) is 5.82 Å². The lowest BCUT2D eigenvalue weighted by atomic mass is 9.99. The van der Waals surface area contributed by atoms with Crippen LogP contribution in [0.1, 0.15) is 30.5 Å². The van der Waals surface area contributed by atoms with Crippen molar-refractivity contribution in [3.8, 4) is 5.75 Å². The van der Waals surface area contributed by atoms with Crippen LogP contribution in [0.2, 0.25) is 5.02 Å². The Kier molecular flexibility index (Phi) is 4.99. The lowest BCUT2D eigenvalue weighted by Gasteiger charge is -2.15. The maximum atomic E-state index is 13.8. The standard InChI is InChI=1S/C16H17ClFNO/c1-2-10-20-12-8-6-11(7-9-12)16(19)15-13(17)4-3-5-14(15)18/h3-9,16H,2,10,19H2,1H3. The van der Waals surface area contributed by atoms with Crippen LogP contribution in [0.25, 0.3) is 0 Å². The van der Waals surface area contributed by atoms with Crippen molar-refractivity contribution in [2.75, 3.05) is 6.61 Å². The number of halogens is 2. The molecule has 0 saturated heterocycles. The number of hydrogen-bond donors (Lipinski definition) is 1. The van der Waals surface area contributed by atoms with Crippen LogP contribution in [0.15, 0.2) is 42.5 Å². The summed E-state index contributed by atoms with van der Waals surface area (Å²) in [5.74, 6) is 0.388. The maximum absolute atomic E-state index is 13.8. The molecule has 2 nitrogen and oxygen atoms in total. The van der Waals surface area contributed by atoms with Crippen LogP contribution < -0.4 is 10.5 Å². The van der Waals surface area contributed by atoms with Gasteiger partial charge < -0.3 is 10.5 Å². The molecule has 2 N–H and O–H groups in total. The van der Waals surface area contributed by atoms with E-state index < -0.39 is 11.9 Å². The van der Waals surface area contributed by atoms with Gasteiger partial charge in [-0.3, -0.25) is 0 Å². The zero-order valence-corrected chi connectivity index (χ0v) is 12.0. The summed E-state index contributed by atoms with van der Waals surface area (Å²) in [6, 6.07) is 11.3. The predicted molar refractivity (Wildman–Crippen MR) is 79.7 cm³/mol. The SMILES string of the molecule is CCCOc1ccc(C(N)c2c(F)cccc2Cl)cc1. The molecular weight excluding hydrogens is 277 g/mol. The molecule has 2 aromatic carbocycles. The van der Waals surface area contributed by atoms with Gasteiger partial charge in [-0.2, -0.15) is 0 Å². The predicted octanol–water partition coefficient (Wildman–Crippen LogP) is 4.32. The fourth-order valence-corrected chi connectivity index (χ4v) is 2.25. The van der Waals surface area contributed by atoms with Gasteiger partial charge in [0.25, 0.3) is 0 Å². The highest BCUT2D eigenvalue weighted by Gasteiger charge is 2.16. The first-order chi connectivity index (χ1) is 9.63. The molecule has 106 valence electrons. The van der Waals surface area contributed by atoms with Crippen molar-refractivity contribution in [3.63, 3.8) is 0 Å². The maximum Gasteiger partial charge on any atom is 0.129 e. The van der Waals surface area contributed by atoms with Gasteiger partial charge in [-0.15, -0.1) is 0 Å². The summed E-state index contributed by atoms with van der Waals surface area (Å²) < 4.78 is 19.3. The Labute approximate surface area is 123 Å².